The number of amides is 1. The fourth-order valence-electron chi connectivity index (χ4n) is 2.96. The van der Waals surface area contributed by atoms with Crippen molar-refractivity contribution in [3.8, 4) is 5.75 Å². The summed E-state index contributed by atoms with van der Waals surface area (Å²) in [5.41, 5.74) is 0.971. The third-order valence-electron chi connectivity index (χ3n) is 4.15. The first-order valence-electron chi connectivity index (χ1n) is 7.04. The molecular formula is C15H18ClNO3. The van der Waals surface area contributed by atoms with Crippen molar-refractivity contribution in [2.75, 3.05) is 6.54 Å². The third kappa shape index (κ3) is 2.76. The molecule has 1 aromatic carbocycles. The molecule has 1 saturated carbocycles. The molecule has 108 valence electrons. The van der Waals surface area contributed by atoms with Gasteiger partial charge in [0.1, 0.15) is 5.75 Å². The second-order valence-electron chi connectivity index (χ2n) is 5.57. The first kappa shape index (κ1) is 13.7. The zero-order chi connectivity index (χ0) is 14.1. The molecule has 1 amide bonds. The van der Waals surface area contributed by atoms with Gasteiger partial charge in [-0.25, -0.2) is 0 Å². The van der Waals surface area contributed by atoms with E-state index in [1.54, 1.807) is 12.1 Å². The Morgan fingerprint density at radius 3 is 3.05 bits per heavy atom. The van der Waals surface area contributed by atoms with Gasteiger partial charge in [0.05, 0.1) is 6.10 Å². The van der Waals surface area contributed by atoms with E-state index in [4.69, 9.17) is 16.3 Å². The highest BCUT2D eigenvalue weighted by Gasteiger charge is 2.31. The zero-order valence-electron chi connectivity index (χ0n) is 11.1. The van der Waals surface area contributed by atoms with E-state index < -0.39 is 6.10 Å². The van der Waals surface area contributed by atoms with E-state index >= 15 is 0 Å². The molecule has 0 aromatic heterocycles. The maximum atomic E-state index is 12.1. The van der Waals surface area contributed by atoms with E-state index in [0.29, 0.717) is 18.0 Å². The number of aliphatic hydroxyl groups excluding tert-OH is 1. The number of carbonyl (C=O) groups is 1. The molecule has 3 rings (SSSR count). The summed E-state index contributed by atoms with van der Waals surface area (Å²) in [4.78, 5) is 12.1. The lowest BCUT2D eigenvalue weighted by Gasteiger charge is -2.17. The molecule has 0 spiro atoms. The summed E-state index contributed by atoms with van der Waals surface area (Å²) in [6.45, 7) is 0.525. The average Bonchev–Trinajstić information content (AvgIpc) is 3.01. The van der Waals surface area contributed by atoms with E-state index in [1.807, 2.05) is 6.07 Å². The number of aliphatic hydroxyl groups is 1. The summed E-state index contributed by atoms with van der Waals surface area (Å²) in [6, 6.07) is 5.39. The summed E-state index contributed by atoms with van der Waals surface area (Å²) in [5, 5.41) is 13.3. The maximum absolute atomic E-state index is 12.1. The van der Waals surface area contributed by atoms with Gasteiger partial charge in [-0.15, -0.1) is 0 Å². The zero-order valence-corrected chi connectivity index (χ0v) is 11.9. The van der Waals surface area contributed by atoms with Crippen molar-refractivity contribution < 1.29 is 14.6 Å². The lowest BCUT2D eigenvalue weighted by atomic mass is 10.1. The van der Waals surface area contributed by atoms with Gasteiger partial charge in [0.15, 0.2) is 6.10 Å². The van der Waals surface area contributed by atoms with Crippen LogP contribution in [0.3, 0.4) is 0 Å². The highest BCUT2D eigenvalue weighted by molar-refractivity contribution is 6.30. The summed E-state index contributed by atoms with van der Waals surface area (Å²) >= 11 is 5.93. The highest BCUT2D eigenvalue weighted by atomic mass is 35.5. The molecule has 5 heteroatoms. The maximum Gasteiger partial charge on any atom is 0.261 e. The number of nitrogens with one attached hydrogen (secondary N) is 1. The molecule has 4 nitrogen and oxygen atoms in total. The molecule has 1 heterocycles. The Bertz CT molecular complexity index is 520. The molecule has 1 aliphatic heterocycles. The lowest BCUT2D eigenvalue weighted by Crippen LogP contribution is -2.41. The van der Waals surface area contributed by atoms with Gasteiger partial charge in [0.25, 0.3) is 5.91 Å². The van der Waals surface area contributed by atoms with E-state index in [1.165, 1.54) is 0 Å². The van der Waals surface area contributed by atoms with Crippen molar-refractivity contribution in [3.05, 3.63) is 28.8 Å². The molecule has 1 aliphatic carbocycles. The van der Waals surface area contributed by atoms with Crippen LogP contribution >= 0.6 is 11.6 Å². The predicted octanol–water partition coefficient (Wildman–Crippen LogP) is 1.92. The Morgan fingerprint density at radius 1 is 1.45 bits per heavy atom. The van der Waals surface area contributed by atoms with Crippen molar-refractivity contribution in [1.29, 1.82) is 0 Å². The first-order chi connectivity index (χ1) is 9.63. The SMILES string of the molecule is O=C(NCC1CCCC1O)C1Cc2cc(Cl)ccc2O1. The van der Waals surface area contributed by atoms with Gasteiger partial charge in [0, 0.05) is 23.9 Å². The summed E-state index contributed by atoms with van der Waals surface area (Å²) in [5.74, 6) is 0.795. The van der Waals surface area contributed by atoms with E-state index in [2.05, 4.69) is 5.32 Å². The van der Waals surface area contributed by atoms with Crippen molar-refractivity contribution in [1.82, 2.24) is 5.32 Å². The molecule has 2 N–H and O–H groups in total. The number of carbonyl (C=O) groups excluding carboxylic acids is 1. The van der Waals surface area contributed by atoms with Crippen LogP contribution in [0.1, 0.15) is 24.8 Å². The number of ether oxygens (including phenoxy) is 1. The second kappa shape index (κ2) is 5.62. The van der Waals surface area contributed by atoms with Gasteiger partial charge in [-0.2, -0.15) is 0 Å². The van der Waals surface area contributed by atoms with Gasteiger partial charge in [-0.3, -0.25) is 4.79 Å². The van der Waals surface area contributed by atoms with Crippen molar-refractivity contribution in [3.63, 3.8) is 0 Å². The van der Waals surface area contributed by atoms with Crippen LogP contribution in [0.25, 0.3) is 0 Å². The van der Waals surface area contributed by atoms with Gasteiger partial charge in [0.2, 0.25) is 0 Å². The molecule has 20 heavy (non-hydrogen) atoms. The quantitative estimate of drug-likeness (QED) is 0.896. The van der Waals surface area contributed by atoms with E-state index in [9.17, 15) is 9.90 Å². The van der Waals surface area contributed by atoms with Gasteiger partial charge < -0.3 is 15.2 Å². The molecule has 2 aliphatic rings. The largest absolute Gasteiger partial charge is 0.480 e. The monoisotopic (exact) mass is 295 g/mol. The Labute approximate surface area is 123 Å². The number of rotatable bonds is 3. The minimum Gasteiger partial charge on any atom is -0.480 e. The van der Waals surface area contributed by atoms with Crippen molar-refractivity contribution in [2.24, 2.45) is 5.92 Å². The Kier molecular flexibility index (Phi) is 3.85. The summed E-state index contributed by atoms with van der Waals surface area (Å²) in [7, 11) is 0. The third-order valence-corrected chi connectivity index (χ3v) is 4.38. The van der Waals surface area contributed by atoms with Crippen LogP contribution in [0.15, 0.2) is 18.2 Å². The predicted molar refractivity (Wildman–Crippen MR) is 75.9 cm³/mol. The summed E-state index contributed by atoms with van der Waals surface area (Å²) < 4.78 is 5.63. The highest BCUT2D eigenvalue weighted by Crippen LogP contribution is 2.31. The number of hydrogen-bond acceptors (Lipinski definition) is 3. The van der Waals surface area contributed by atoms with Crippen LogP contribution < -0.4 is 10.1 Å². The molecule has 0 radical (unpaired) electrons. The number of halogens is 1. The fraction of sp³-hybridized carbons (Fsp3) is 0.533. The Balaban J connectivity index is 1.54. The minimum atomic E-state index is -0.484. The Morgan fingerprint density at radius 2 is 2.30 bits per heavy atom. The lowest BCUT2D eigenvalue weighted by molar-refractivity contribution is -0.127. The molecule has 0 saturated heterocycles. The van der Waals surface area contributed by atoms with Gasteiger partial charge in [-0.05, 0) is 36.6 Å². The van der Waals surface area contributed by atoms with Crippen LogP contribution in [-0.2, 0) is 11.2 Å². The van der Waals surface area contributed by atoms with Crippen LogP contribution in [0.5, 0.6) is 5.75 Å². The van der Waals surface area contributed by atoms with E-state index in [-0.39, 0.29) is 17.9 Å². The number of fused-ring (bicyclic) bond motifs is 1. The van der Waals surface area contributed by atoms with Crippen LogP contribution in [-0.4, -0.2) is 29.8 Å². The molecule has 3 unspecified atom stereocenters. The number of hydrogen-bond donors (Lipinski definition) is 2. The smallest absolute Gasteiger partial charge is 0.261 e. The molecule has 0 bridgehead atoms. The van der Waals surface area contributed by atoms with Crippen LogP contribution in [0, 0.1) is 5.92 Å². The molecule has 1 fully saturated rings. The molecule has 3 atom stereocenters. The molecular weight excluding hydrogens is 278 g/mol. The topological polar surface area (TPSA) is 58.6 Å². The average molecular weight is 296 g/mol. The normalized spacial score (nSPS) is 28.0. The first-order valence-corrected chi connectivity index (χ1v) is 7.42. The fourth-order valence-corrected chi connectivity index (χ4v) is 3.16. The van der Waals surface area contributed by atoms with Crippen LogP contribution in [0.4, 0.5) is 0 Å². The minimum absolute atomic E-state index is 0.114. The number of benzene rings is 1. The summed E-state index contributed by atoms with van der Waals surface area (Å²) in [6.07, 6.45) is 2.63. The van der Waals surface area contributed by atoms with E-state index in [0.717, 1.165) is 30.6 Å². The van der Waals surface area contributed by atoms with Gasteiger partial charge in [-0.1, -0.05) is 18.0 Å². The van der Waals surface area contributed by atoms with Gasteiger partial charge >= 0.3 is 0 Å². The van der Waals surface area contributed by atoms with Crippen molar-refractivity contribution in [2.45, 2.75) is 37.9 Å². The Hall–Kier alpha value is -1.26. The standard InChI is InChI=1S/C15H18ClNO3/c16-11-4-5-13-10(6-11)7-14(20-13)15(19)17-8-9-2-1-3-12(9)18/h4-6,9,12,14,18H,1-3,7-8H2,(H,17,19). The van der Waals surface area contributed by atoms with Crippen molar-refractivity contribution >= 4 is 17.5 Å². The molecule has 1 aromatic rings. The van der Waals surface area contributed by atoms with Crippen LogP contribution in [0.2, 0.25) is 5.02 Å². The second-order valence-corrected chi connectivity index (χ2v) is 6.00.